The first-order valence-corrected chi connectivity index (χ1v) is 11.5. The Labute approximate surface area is 199 Å². The molecule has 1 aromatic carbocycles. The zero-order chi connectivity index (χ0) is 25.2. The largest absolute Gasteiger partial charge is 0.507 e. The van der Waals surface area contributed by atoms with Gasteiger partial charge < -0.3 is 31.3 Å². The lowest BCUT2D eigenvalue weighted by Gasteiger charge is -2.29. The minimum absolute atomic E-state index is 0.0203. The van der Waals surface area contributed by atoms with Crippen LogP contribution in [-0.2, 0) is 15.0 Å². The van der Waals surface area contributed by atoms with Crippen molar-refractivity contribution in [1.82, 2.24) is 10.6 Å². The summed E-state index contributed by atoms with van der Waals surface area (Å²) in [6.07, 6.45) is 4.00. The van der Waals surface area contributed by atoms with Crippen LogP contribution in [0.25, 0.3) is 0 Å². The van der Waals surface area contributed by atoms with Gasteiger partial charge in [-0.05, 0) is 66.6 Å². The summed E-state index contributed by atoms with van der Waals surface area (Å²) >= 11 is 0. The first-order valence-electron chi connectivity index (χ1n) is 11.5. The van der Waals surface area contributed by atoms with Gasteiger partial charge in [0.1, 0.15) is 34.0 Å². The monoisotopic (exact) mass is 471 g/mol. The molecule has 1 aliphatic heterocycles. The van der Waals surface area contributed by atoms with Crippen LogP contribution in [0.1, 0.15) is 61.5 Å². The third-order valence-electron chi connectivity index (χ3n) is 6.49. The maximum Gasteiger partial charge on any atom is 0.194 e. The average Bonchev–Trinajstić information content (AvgIpc) is 3.07. The van der Waals surface area contributed by atoms with Gasteiger partial charge in [0.15, 0.2) is 17.3 Å². The van der Waals surface area contributed by atoms with Gasteiger partial charge in [0, 0.05) is 23.9 Å². The summed E-state index contributed by atoms with van der Waals surface area (Å²) in [5.41, 5.74) is 4.42. The van der Waals surface area contributed by atoms with Gasteiger partial charge in [0.25, 0.3) is 0 Å². The van der Waals surface area contributed by atoms with Crippen molar-refractivity contribution in [2.45, 2.75) is 52.4 Å². The number of phenolic OH excluding ortho intramolecular Hbond substituents is 2. The highest BCUT2D eigenvalue weighted by Crippen LogP contribution is 2.57. The molecule has 0 spiro atoms. The van der Waals surface area contributed by atoms with Crippen LogP contribution in [-0.4, -0.2) is 53.7 Å². The van der Waals surface area contributed by atoms with Crippen LogP contribution < -0.4 is 21.1 Å². The van der Waals surface area contributed by atoms with Crippen LogP contribution in [0, 0.1) is 6.92 Å². The fourth-order valence-electron chi connectivity index (χ4n) is 4.46. The van der Waals surface area contributed by atoms with Crippen LogP contribution in [0.15, 0.2) is 23.1 Å². The molecule has 0 unspecified atom stereocenters. The van der Waals surface area contributed by atoms with Crippen molar-refractivity contribution < 1.29 is 29.3 Å². The van der Waals surface area contributed by atoms with Crippen molar-refractivity contribution in [2.24, 2.45) is 5.73 Å². The fourth-order valence-corrected chi connectivity index (χ4v) is 4.46. The van der Waals surface area contributed by atoms with E-state index < -0.39 is 28.5 Å². The van der Waals surface area contributed by atoms with Crippen molar-refractivity contribution >= 4 is 17.3 Å². The van der Waals surface area contributed by atoms with E-state index in [1.165, 1.54) is 19.9 Å². The first-order chi connectivity index (χ1) is 16.1. The van der Waals surface area contributed by atoms with Crippen LogP contribution in [0.2, 0.25) is 0 Å². The standard InChI is InChI=1S/C25H33N3O6/c1-13-21(31)19(15(3)29)23-20(22(13)32)25(4)17(34-23)12-16(30)18(24(25)33)14(2)28-11-7-10-27-9-6-5-8-26/h12,27-28,31-32H,5-11,26H2,1-4H3/b18-14+/t25-/m0/s1. The lowest BCUT2D eigenvalue weighted by atomic mass is 9.70. The second-order valence-corrected chi connectivity index (χ2v) is 8.91. The van der Waals surface area contributed by atoms with Crippen molar-refractivity contribution in [3.05, 3.63) is 39.8 Å². The number of hydrogen-bond acceptors (Lipinski definition) is 9. The van der Waals surface area contributed by atoms with Crippen molar-refractivity contribution in [3.8, 4) is 17.2 Å². The molecule has 184 valence electrons. The van der Waals surface area contributed by atoms with Gasteiger partial charge in [-0.25, -0.2) is 0 Å². The van der Waals surface area contributed by atoms with Gasteiger partial charge in [0.05, 0.1) is 11.1 Å². The number of hydrogen-bond donors (Lipinski definition) is 5. The van der Waals surface area contributed by atoms with Crippen molar-refractivity contribution in [1.29, 1.82) is 0 Å². The number of carbonyl (C=O) groups is 3. The summed E-state index contributed by atoms with van der Waals surface area (Å²) < 4.78 is 5.76. The van der Waals surface area contributed by atoms with E-state index in [0.717, 1.165) is 32.4 Å². The van der Waals surface area contributed by atoms with Crippen molar-refractivity contribution in [2.75, 3.05) is 26.2 Å². The fraction of sp³-hybridized carbons (Fsp3) is 0.480. The summed E-state index contributed by atoms with van der Waals surface area (Å²) in [7, 11) is 0. The Morgan fingerprint density at radius 3 is 2.41 bits per heavy atom. The molecule has 1 aromatic rings. The third kappa shape index (κ3) is 4.21. The Balaban J connectivity index is 1.89. The Morgan fingerprint density at radius 1 is 1.09 bits per heavy atom. The number of aromatic hydroxyl groups is 2. The highest BCUT2D eigenvalue weighted by atomic mass is 16.5. The van der Waals surface area contributed by atoms with Crippen LogP contribution >= 0.6 is 0 Å². The second kappa shape index (κ2) is 9.99. The van der Waals surface area contributed by atoms with E-state index in [2.05, 4.69) is 10.6 Å². The quantitative estimate of drug-likeness (QED) is 0.149. The van der Waals surface area contributed by atoms with Gasteiger partial charge in [-0.2, -0.15) is 0 Å². The molecule has 0 bridgehead atoms. The molecule has 0 amide bonds. The lowest BCUT2D eigenvalue weighted by Crippen LogP contribution is -2.41. The van der Waals surface area contributed by atoms with E-state index in [-0.39, 0.29) is 39.5 Å². The highest BCUT2D eigenvalue weighted by molar-refractivity contribution is 6.31. The molecule has 0 aromatic heterocycles. The SMILES string of the molecule is CC(=O)c1c(O)c(C)c(O)c2c1OC1=CC(=O)/C(=C(/C)NCCCNCCCCN)C(=O)[C@@]12C. The predicted octanol–water partition coefficient (Wildman–Crippen LogP) is 1.88. The molecular weight excluding hydrogens is 438 g/mol. The molecule has 1 heterocycles. The molecule has 0 saturated heterocycles. The van der Waals surface area contributed by atoms with Gasteiger partial charge in [-0.15, -0.1) is 0 Å². The number of Topliss-reactive ketones (excluding diaryl/α,β-unsaturated/α-hetero) is 2. The molecule has 3 rings (SSSR count). The first kappa shape index (κ1) is 25.5. The molecule has 34 heavy (non-hydrogen) atoms. The Morgan fingerprint density at radius 2 is 1.76 bits per heavy atom. The van der Waals surface area contributed by atoms with Crippen molar-refractivity contribution in [3.63, 3.8) is 0 Å². The van der Waals surface area contributed by atoms with E-state index in [1.54, 1.807) is 13.8 Å². The Kier molecular flexibility index (Phi) is 7.48. The number of benzene rings is 1. The summed E-state index contributed by atoms with van der Waals surface area (Å²) in [4.78, 5) is 38.8. The van der Waals surface area contributed by atoms with E-state index in [0.29, 0.717) is 18.8 Å². The van der Waals surface area contributed by atoms with E-state index >= 15 is 0 Å². The molecule has 0 fully saturated rings. The number of nitrogens with one attached hydrogen (secondary N) is 2. The number of fused-ring (bicyclic) bond motifs is 3. The molecular formula is C25H33N3O6. The third-order valence-corrected chi connectivity index (χ3v) is 6.49. The maximum atomic E-state index is 13.7. The molecule has 1 atom stereocenters. The molecule has 0 radical (unpaired) electrons. The number of carbonyl (C=O) groups excluding carboxylic acids is 3. The summed E-state index contributed by atoms with van der Waals surface area (Å²) in [6, 6.07) is 0. The Hall–Kier alpha value is -3.17. The molecule has 1 aliphatic carbocycles. The predicted molar refractivity (Wildman–Crippen MR) is 127 cm³/mol. The number of phenols is 2. The molecule has 0 saturated carbocycles. The summed E-state index contributed by atoms with van der Waals surface area (Å²) in [6.45, 7) is 8.85. The van der Waals surface area contributed by atoms with E-state index in [1.807, 2.05) is 0 Å². The van der Waals surface area contributed by atoms with E-state index in [9.17, 15) is 24.6 Å². The normalized spacial score (nSPS) is 20.4. The number of nitrogens with two attached hydrogens (primary N) is 1. The number of ketones is 3. The van der Waals surface area contributed by atoms with E-state index in [4.69, 9.17) is 10.5 Å². The minimum atomic E-state index is -1.50. The number of allylic oxidation sites excluding steroid dienone is 4. The van der Waals surface area contributed by atoms with Crippen LogP contribution in [0.3, 0.4) is 0 Å². The van der Waals surface area contributed by atoms with Crippen LogP contribution in [0.4, 0.5) is 0 Å². The Bertz CT molecular complexity index is 1100. The average molecular weight is 472 g/mol. The summed E-state index contributed by atoms with van der Waals surface area (Å²) in [5, 5.41) is 27.7. The number of unbranched alkanes of at least 4 members (excludes halogenated alkanes) is 1. The molecule has 2 aliphatic rings. The van der Waals surface area contributed by atoms with Gasteiger partial charge in [-0.3, -0.25) is 14.4 Å². The van der Waals surface area contributed by atoms with Gasteiger partial charge in [0.2, 0.25) is 0 Å². The zero-order valence-corrected chi connectivity index (χ0v) is 20.1. The van der Waals surface area contributed by atoms with Gasteiger partial charge in [-0.1, -0.05) is 0 Å². The zero-order valence-electron chi connectivity index (χ0n) is 20.1. The highest BCUT2D eigenvalue weighted by Gasteiger charge is 2.56. The van der Waals surface area contributed by atoms with Gasteiger partial charge >= 0.3 is 0 Å². The lowest BCUT2D eigenvalue weighted by molar-refractivity contribution is -0.123. The molecule has 6 N–H and O–H groups in total. The molecule has 9 nitrogen and oxygen atoms in total. The minimum Gasteiger partial charge on any atom is -0.507 e. The molecule has 9 heteroatoms. The maximum absolute atomic E-state index is 13.7. The second-order valence-electron chi connectivity index (χ2n) is 8.91. The number of rotatable bonds is 10. The smallest absolute Gasteiger partial charge is 0.194 e. The van der Waals surface area contributed by atoms with Crippen LogP contribution in [0.5, 0.6) is 17.2 Å². The summed E-state index contributed by atoms with van der Waals surface area (Å²) in [5.74, 6) is -2.33. The topological polar surface area (TPSA) is 151 Å². The number of ether oxygens (including phenoxy) is 1.